The second-order valence-corrected chi connectivity index (χ2v) is 4.70. The van der Waals surface area contributed by atoms with Gasteiger partial charge in [0.2, 0.25) is 5.24 Å². The summed E-state index contributed by atoms with van der Waals surface area (Å²) < 4.78 is 0. The smallest absolute Gasteiger partial charge is 0.244 e. The normalized spacial score (nSPS) is 46.2. The summed E-state index contributed by atoms with van der Waals surface area (Å²) in [5, 5.41) is -0.376. The van der Waals surface area contributed by atoms with Gasteiger partial charge in [0.05, 0.1) is 0 Å². The van der Waals surface area contributed by atoms with Crippen LogP contribution in [0.3, 0.4) is 0 Å². The molecule has 3 saturated heterocycles. The fourth-order valence-corrected chi connectivity index (χ4v) is 2.83. The van der Waals surface area contributed by atoms with Crippen LogP contribution in [0.2, 0.25) is 0 Å². The molecular formula is C8H11Cl2NO. The Morgan fingerprint density at radius 2 is 2.00 bits per heavy atom. The molecule has 3 heterocycles. The van der Waals surface area contributed by atoms with Crippen molar-refractivity contribution in [3.05, 3.63) is 0 Å². The topological polar surface area (TPSA) is 20.3 Å². The largest absolute Gasteiger partial charge is 0.301 e. The van der Waals surface area contributed by atoms with Crippen molar-refractivity contribution in [2.24, 2.45) is 5.92 Å². The molecule has 12 heavy (non-hydrogen) atoms. The predicted octanol–water partition coefficient (Wildman–Crippen LogP) is 1.45. The van der Waals surface area contributed by atoms with Crippen molar-refractivity contribution in [3.8, 4) is 0 Å². The zero-order valence-corrected chi connectivity index (χ0v) is 8.24. The van der Waals surface area contributed by atoms with Crippen LogP contribution < -0.4 is 0 Å². The Morgan fingerprint density at radius 1 is 1.42 bits per heavy atom. The number of halogens is 2. The van der Waals surface area contributed by atoms with E-state index in [-0.39, 0.29) is 5.24 Å². The van der Waals surface area contributed by atoms with E-state index in [9.17, 15) is 4.79 Å². The lowest BCUT2D eigenvalue weighted by Gasteiger charge is -2.47. The minimum Gasteiger partial charge on any atom is -0.301 e. The molecule has 1 atom stereocenters. The standard InChI is InChI=1S/C8H11Cl2NO/c9-7(12)8(10)5-11-3-1-6(8)2-4-11/h6H,1-5H2. The van der Waals surface area contributed by atoms with Gasteiger partial charge in [-0.05, 0) is 43.5 Å². The highest BCUT2D eigenvalue weighted by Crippen LogP contribution is 2.41. The molecule has 3 fully saturated rings. The molecule has 3 rings (SSSR count). The van der Waals surface area contributed by atoms with Gasteiger partial charge in [0.15, 0.2) is 0 Å². The Morgan fingerprint density at radius 3 is 2.25 bits per heavy atom. The van der Waals surface area contributed by atoms with Gasteiger partial charge in [-0.2, -0.15) is 0 Å². The Kier molecular flexibility index (Phi) is 2.10. The quantitative estimate of drug-likeness (QED) is 0.480. The molecule has 0 N–H and O–H groups in total. The van der Waals surface area contributed by atoms with Gasteiger partial charge in [0.25, 0.3) is 0 Å². The molecule has 0 saturated carbocycles. The van der Waals surface area contributed by atoms with E-state index in [1.807, 2.05) is 0 Å². The molecule has 0 aromatic heterocycles. The molecule has 0 aromatic rings. The van der Waals surface area contributed by atoms with Gasteiger partial charge in [-0.25, -0.2) is 0 Å². The van der Waals surface area contributed by atoms with Crippen molar-refractivity contribution in [2.75, 3.05) is 19.6 Å². The van der Waals surface area contributed by atoms with E-state index < -0.39 is 4.87 Å². The highest BCUT2D eigenvalue weighted by atomic mass is 35.5. The summed E-state index contributed by atoms with van der Waals surface area (Å²) in [6, 6.07) is 0. The summed E-state index contributed by atoms with van der Waals surface area (Å²) in [7, 11) is 0. The summed E-state index contributed by atoms with van der Waals surface area (Å²) in [6.45, 7) is 2.79. The van der Waals surface area contributed by atoms with Gasteiger partial charge < -0.3 is 4.90 Å². The van der Waals surface area contributed by atoms with Crippen LogP contribution in [0.25, 0.3) is 0 Å². The number of nitrogens with zero attached hydrogens (tertiary/aromatic N) is 1. The van der Waals surface area contributed by atoms with Crippen LogP contribution in [0.4, 0.5) is 0 Å². The Bertz CT molecular complexity index is 213. The Labute approximate surface area is 81.8 Å². The lowest BCUT2D eigenvalue weighted by Crippen LogP contribution is -2.58. The minimum atomic E-state index is -0.780. The maximum absolute atomic E-state index is 11.1. The molecular weight excluding hydrogens is 197 g/mol. The first kappa shape index (κ1) is 8.79. The van der Waals surface area contributed by atoms with Crippen LogP contribution in [0.1, 0.15) is 12.8 Å². The highest BCUT2D eigenvalue weighted by molar-refractivity contribution is 6.70. The number of carbonyl (C=O) groups excluding carboxylic acids is 1. The van der Waals surface area contributed by atoms with E-state index >= 15 is 0 Å². The second-order valence-electron chi connectivity index (χ2n) is 3.69. The van der Waals surface area contributed by atoms with Crippen LogP contribution >= 0.6 is 23.2 Å². The van der Waals surface area contributed by atoms with Gasteiger partial charge >= 0.3 is 0 Å². The van der Waals surface area contributed by atoms with E-state index in [1.54, 1.807) is 0 Å². The van der Waals surface area contributed by atoms with Crippen LogP contribution in [0.15, 0.2) is 0 Å². The molecule has 1 unspecified atom stereocenters. The third kappa shape index (κ3) is 1.17. The number of rotatable bonds is 1. The molecule has 0 aromatic carbocycles. The molecule has 0 aliphatic carbocycles. The molecule has 3 aliphatic heterocycles. The lowest BCUT2D eigenvalue weighted by atomic mass is 9.79. The number of fused-ring (bicyclic) bond motifs is 3. The molecule has 3 aliphatic rings. The maximum Gasteiger partial charge on any atom is 0.244 e. The molecule has 0 spiro atoms. The highest BCUT2D eigenvalue weighted by Gasteiger charge is 2.49. The number of hydrogen-bond acceptors (Lipinski definition) is 2. The van der Waals surface area contributed by atoms with Crippen molar-refractivity contribution in [3.63, 3.8) is 0 Å². The van der Waals surface area contributed by atoms with Crippen molar-refractivity contribution in [1.82, 2.24) is 4.90 Å². The van der Waals surface area contributed by atoms with Crippen LogP contribution in [0, 0.1) is 5.92 Å². The van der Waals surface area contributed by atoms with E-state index in [4.69, 9.17) is 23.2 Å². The zero-order valence-electron chi connectivity index (χ0n) is 6.72. The van der Waals surface area contributed by atoms with E-state index in [0.717, 1.165) is 25.9 Å². The Balaban J connectivity index is 2.22. The average Bonchev–Trinajstić information content (AvgIpc) is 2.05. The molecule has 68 valence electrons. The number of hydrogen-bond donors (Lipinski definition) is 0. The molecule has 2 bridgehead atoms. The maximum atomic E-state index is 11.1. The van der Waals surface area contributed by atoms with E-state index in [2.05, 4.69) is 4.90 Å². The monoisotopic (exact) mass is 207 g/mol. The van der Waals surface area contributed by atoms with Crippen molar-refractivity contribution < 1.29 is 4.79 Å². The SMILES string of the molecule is O=C(Cl)C1(Cl)CN2CCC1CC2. The first-order valence-electron chi connectivity index (χ1n) is 4.24. The molecule has 0 radical (unpaired) electrons. The summed E-state index contributed by atoms with van der Waals surface area (Å²) in [6.07, 6.45) is 2.03. The second kappa shape index (κ2) is 2.86. The summed E-state index contributed by atoms with van der Waals surface area (Å²) in [4.78, 5) is 12.6. The molecule has 0 amide bonds. The molecule has 2 nitrogen and oxygen atoms in total. The van der Waals surface area contributed by atoms with Gasteiger partial charge in [0, 0.05) is 6.54 Å². The van der Waals surface area contributed by atoms with Gasteiger partial charge in [-0.15, -0.1) is 11.6 Å². The van der Waals surface area contributed by atoms with Crippen molar-refractivity contribution in [1.29, 1.82) is 0 Å². The first-order chi connectivity index (χ1) is 5.63. The predicted molar refractivity (Wildman–Crippen MR) is 48.6 cm³/mol. The average molecular weight is 208 g/mol. The number of carbonyl (C=O) groups is 1. The summed E-state index contributed by atoms with van der Waals surface area (Å²) >= 11 is 11.7. The fourth-order valence-electron chi connectivity index (χ4n) is 2.23. The van der Waals surface area contributed by atoms with Crippen molar-refractivity contribution >= 4 is 28.4 Å². The molecule has 4 heteroatoms. The van der Waals surface area contributed by atoms with E-state index in [0.29, 0.717) is 12.5 Å². The summed E-state index contributed by atoms with van der Waals surface area (Å²) in [5.74, 6) is 0.300. The van der Waals surface area contributed by atoms with Gasteiger partial charge in [0.1, 0.15) is 4.87 Å². The van der Waals surface area contributed by atoms with Crippen molar-refractivity contribution in [2.45, 2.75) is 17.7 Å². The third-order valence-corrected chi connectivity index (χ3v) is 4.05. The van der Waals surface area contributed by atoms with Gasteiger partial charge in [-0.3, -0.25) is 4.79 Å². The number of alkyl halides is 1. The zero-order chi connectivity index (χ0) is 8.77. The van der Waals surface area contributed by atoms with Crippen LogP contribution in [-0.4, -0.2) is 34.7 Å². The fraction of sp³-hybridized carbons (Fsp3) is 0.875. The number of piperidine rings is 3. The minimum absolute atomic E-state index is 0.300. The van der Waals surface area contributed by atoms with E-state index in [1.165, 1.54) is 0 Å². The first-order valence-corrected chi connectivity index (χ1v) is 5.00. The van der Waals surface area contributed by atoms with Crippen LogP contribution in [0.5, 0.6) is 0 Å². The lowest BCUT2D eigenvalue weighted by molar-refractivity contribution is -0.118. The van der Waals surface area contributed by atoms with Gasteiger partial charge in [-0.1, -0.05) is 0 Å². The Hall–Kier alpha value is 0.210. The third-order valence-electron chi connectivity index (χ3n) is 3.02. The van der Waals surface area contributed by atoms with Crippen LogP contribution in [-0.2, 0) is 4.79 Å². The summed E-state index contributed by atoms with van der Waals surface area (Å²) in [5.41, 5.74) is 0.